The molecule has 1 aliphatic heterocycles. The van der Waals surface area contributed by atoms with E-state index in [1.807, 2.05) is 0 Å². The summed E-state index contributed by atoms with van der Waals surface area (Å²) < 4.78 is 16.7. The molecule has 0 aromatic carbocycles. The van der Waals surface area contributed by atoms with E-state index in [4.69, 9.17) is 0 Å². The maximum Gasteiger partial charge on any atom is 0.309 e. The highest BCUT2D eigenvalue weighted by atomic mass is 32.2. The zero-order chi connectivity index (χ0) is 14.4. The van der Waals surface area contributed by atoms with Crippen LogP contribution in [0.3, 0.4) is 0 Å². The highest BCUT2D eigenvalue weighted by Crippen LogP contribution is 2.13. The molecule has 0 aromatic rings. The Kier molecular flexibility index (Phi) is 6.48. The Labute approximate surface area is 117 Å². The van der Waals surface area contributed by atoms with Gasteiger partial charge in [0.15, 0.2) is 0 Å². The van der Waals surface area contributed by atoms with Crippen LogP contribution in [0.15, 0.2) is 0 Å². The van der Waals surface area contributed by atoms with Crippen LogP contribution in [0, 0.1) is 5.92 Å². The second kappa shape index (κ2) is 7.62. The van der Waals surface area contributed by atoms with Gasteiger partial charge in [-0.25, -0.2) is 0 Å². The lowest BCUT2D eigenvalue weighted by Gasteiger charge is -2.29. The van der Waals surface area contributed by atoms with Gasteiger partial charge in [0, 0.05) is 29.6 Å². The molecule has 0 aromatic heterocycles. The lowest BCUT2D eigenvalue weighted by molar-refractivity contribution is -0.144. The van der Waals surface area contributed by atoms with Crippen LogP contribution in [0.1, 0.15) is 33.1 Å². The molecule has 1 amide bonds. The number of carbonyl (C=O) groups excluding carboxylic acids is 2. The van der Waals surface area contributed by atoms with Crippen LogP contribution in [0.2, 0.25) is 0 Å². The Morgan fingerprint density at radius 2 is 1.79 bits per heavy atom. The van der Waals surface area contributed by atoms with E-state index < -0.39 is 22.0 Å². The zero-order valence-corrected chi connectivity index (χ0v) is 12.7. The number of hydrogen-bond donors (Lipinski definition) is 0. The molecule has 1 rings (SSSR count). The molecular formula is C13H23NO4S. The van der Waals surface area contributed by atoms with Crippen molar-refractivity contribution in [2.24, 2.45) is 5.92 Å². The summed E-state index contributed by atoms with van der Waals surface area (Å²) in [5.74, 6) is -0.712. The van der Waals surface area contributed by atoms with E-state index >= 15 is 0 Å². The number of amides is 1. The van der Waals surface area contributed by atoms with Gasteiger partial charge >= 0.3 is 5.97 Å². The second-order valence-electron chi connectivity index (χ2n) is 5.00. The SMILES string of the molecule is COC(=O)C(C)CS(=O)C(C)C(=O)N1CCCCC1. The number of ether oxygens (including phenoxy) is 1. The van der Waals surface area contributed by atoms with Crippen molar-refractivity contribution in [1.29, 1.82) is 0 Å². The predicted octanol–water partition coefficient (Wildman–Crippen LogP) is 0.945. The number of piperidine rings is 1. The van der Waals surface area contributed by atoms with Crippen molar-refractivity contribution in [1.82, 2.24) is 4.90 Å². The first-order valence-corrected chi connectivity index (χ1v) is 8.09. The monoisotopic (exact) mass is 289 g/mol. The molecule has 0 aliphatic carbocycles. The minimum Gasteiger partial charge on any atom is -0.469 e. The van der Waals surface area contributed by atoms with Gasteiger partial charge in [-0.3, -0.25) is 13.8 Å². The van der Waals surface area contributed by atoms with Crippen molar-refractivity contribution in [3.8, 4) is 0 Å². The molecule has 1 saturated heterocycles. The molecule has 19 heavy (non-hydrogen) atoms. The maximum absolute atomic E-state index is 12.2. The Morgan fingerprint density at radius 1 is 1.21 bits per heavy atom. The molecule has 0 saturated carbocycles. The smallest absolute Gasteiger partial charge is 0.309 e. The summed E-state index contributed by atoms with van der Waals surface area (Å²) in [4.78, 5) is 25.3. The van der Waals surface area contributed by atoms with Gasteiger partial charge in [-0.1, -0.05) is 6.92 Å². The van der Waals surface area contributed by atoms with Gasteiger partial charge in [-0.2, -0.15) is 0 Å². The molecule has 5 nitrogen and oxygen atoms in total. The van der Waals surface area contributed by atoms with Crippen molar-refractivity contribution in [2.75, 3.05) is 26.0 Å². The Hall–Kier alpha value is -0.910. The van der Waals surface area contributed by atoms with Gasteiger partial charge in [-0.15, -0.1) is 0 Å². The zero-order valence-electron chi connectivity index (χ0n) is 11.9. The van der Waals surface area contributed by atoms with Crippen LogP contribution < -0.4 is 0 Å². The Bertz CT molecular complexity index is 353. The summed E-state index contributed by atoms with van der Waals surface area (Å²) in [6.45, 7) is 4.86. The third-order valence-electron chi connectivity index (χ3n) is 3.43. The van der Waals surface area contributed by atoms with Crippen molar-refractivity contribution in [3.63, 3.8) is 0 Å². The fraction of sp³-hybridized carbons (Fsp3) is 0.846. The average molecular weight is 289 g/mol. The maximum atomic E-state index is 12.2. The molecule has 0 spiro atoms. The molecule has 1 aliphatic rings. The third-order valence-corrected chi connectivity index (χ3v) is 5.25. The molecule has 110 valence electrons. The second-order valence-corrected chi connectivity index (χ2v) is 6.80. The molecule has 0 bridgehead atoms. The third kappa shape index (κ3) is 4.60. The summed E-state index contributed by atoms with van der Waals surface area (Å²) in [6, 6.07) is 0. The summed E-state index contributed by atoms with van der Waals surface area (Å²) in [5, 5.41) is -0.551. The molecule has 3 unspecified atom stereocenters. The number of nitrogens with zero attached hydrogens (tertiary/aromatic N) is 1. The van der Waals surface area contributed by atoms with Crippen LogP contribution in [-0.4, -0.2) is 52.2 Å². The van der Waals surface area contributed by atoms with Crippen LogP contribution in [0.4, 0.5) is 0 Å². The highest BCUT2D eigenvalue weighted by molar-refractivity contribution is 7.86. The fourth-order valence-electron chi connectivity index (χ4n) is 2.14. The van der Waals surface area contributed by atoms with Crippen LogP contribution in [-0.2, 0) is 25.1 Å². The first-order valence-electron chi connectivity index (χ1n) is 6.71. The van der Waals surface area contributed by atoms with Crippen molar-refractivity contribution >= 4 is 22.7 Å². The van der Waals surface area contributed by atoms with Crippen molar-refractivity contribution in [3.05, 3.63) is 0 Å². The number of carbonyl (C=O) groups is 2. The Morgan fingerprint density at radius 3 is 2.32 bits per heavy atom. The first kappa shape index (κ1) is 16.1. The minimum atomic E-state index is -1.34. The number of likely N-dealkylation sites (tertiary alicyclic amines) is 1. The van der Waals surface area contributed by atoms with E-state index in [-0.39, 0.29) is 17.6 Å². The first-order chi connectivity index (χ1) is 8.97. The van der Waals surface area contributed by atoms with Crippen LogP contribution >= 0.6 is 0 Å². The van der Waals surface area contributed by atoms with E-state index in [0.717, 1.165) is 32.4 Å². The molecule has 6 heteroatoms. The number of hydrogen-bond acceptors (Lipinski definition) is 4. The van der Waals surface area contributed by atoms with Gasteiger partial charge in [0.25, 0.3) is 0 Å². The van der Waals surface area contributed by atoms with Crippen molar-refractivity contribution < 1.29 is 18.5 Å². The lowest BCUT2D eigenvalue weighted by atomic mass is 10.1. The standard InChI is InChI=1S/C13H23NO4S/c1-10(13(16)18-3)9-19(17)11(2)12(15)14-7-5-4-6-8-14/h10-11H,4-9H2,1-3H3. The molecule has 0 N–H and O–H groups in total. The molecule has 3 atom stereocenters. The molecule has 1 heterocycles. The quantitative estimate of drug-likeness (QED) is 0.707. The molecule has 1 fully saturated rings. The van der Waals surface area contributed by atoms with E-state index in [9.17, 15) is 13.8 Å². The molecular weight excluding hydrogens is 266 g/mol. The van der Waals surface area contributed by atoms with Crippen molar-refractivity contribution in [2.45, 2.75) is 38.4 Å². The largest absolute Gasteiger partial charge is 0.469 e. The molecule has 0 radical (unpaired) electrons. The van der Waals surface area contributed by atoms with E-state index in [0.29, 0.717) is 0 Å². The van der Waals surface area contributed by atoms with Gasteiger partial charge in [0.2, 0.25) is 5.91 Å². The van der Waals surface area contributed by atoms with Gasteiger partial charge in [0.1, 0.15) is 5.25 Å². The van der Waals surface area contributed by atoms with Gasteiger partial charge in [0.05, 0.1) is 13.0 Å². The minimum absolute atomic E-state index is 0.0601. The van der Waals surface area contributed by atoms with E-state index in [1.54, 1.807) is 18.7 Å². The number of rotatable bonds is 5. The van der Waals surface area contributed by atoms with Gasteiger partial charge in [-0.05, 0) is 26.2 Å². The van der Waals surface area contributed by atoms with E-state index in [1.165, 1.54) is 7.11 Å². The highest BCUT2D eigenvalue weighted by Gasteiger charge is 2.28. The summed E-state index contributed by atoms with van der Waals surface area (Å²) in [6.07, 6.45) is 3.19. The summed E-state index contributed by atoms with van der Waals surface area (Å²) in [7, 11) is -0.0313. The lowest BCUT2D eigenvalue weighted by Crippen LogP contribution is -2.43. The Balaban J connectivity index is 2.51. The summed E-state index contributed by atoms with van der Waals surface area (Å²) >= 11 is 0. The van der Waals surface area contributed by atoms with Crippen LogP contribution in [0.25, 0.3) is 0 Å². The number of esters is 1. The fourth-order valence-corrected chi connectivity index (χ4v) is 3.44. The van der Waals surface area contributed by atoms with Crippen LogP contribution in [0.5, 0.6) is 0 Å². The van der Waals surface area contributed by atoms with Gasteiger partial charge < -0.3 is 9.64 Å². The average Bonchev–Trinajstić information content (AvgIpc) is 2.45. The van der Waals surface area contributed by atoms with E-state index in [2.05, 4.69) is 4.74 Å². The topological polar surface area (TPSA) is 63.7 Å². The number of methoxy groups -OCH3 is 1. The normalized spacial score (nSPS) is 20.5. The summed E-state index contributed by atoms with van der Waals surface area (Å²) in [5.41, 5.74) is 0. The predicted molar refractivity (Wildman–Crippen MR) is 74.1 cm³/mol.